The second-order valence-electron chi connectivity index (χ2n) is 4.04. The van der Waals surface area contributed by atoms with Gasteiger partial charge < -0.3 is 5.32 Å². The number of aryl methyl sites for hydroxylation is 2. The number of halogens is 1. The normalized spacial score (nSPS) is 10.4. The van der Waals surface area contributed by atoms with E-state index in [1.165, 1.54) is 0 Å². The molecule has 0 atom stereocenters. The maximum Gasteiger partial charge on any atom is 0.273 e. The third-order valence-electron chi connectivity index (χ3n) is 2.64. The molecule has 0 radical (unpaired) electrons. The molecule has 0 spiro atoms. The van der Waals surface area contributed by atoms with Crippen LogP contribution >= 0.6 is 11.6 Å². The number of alkyl halides is 1. The van der Waals surface area contributed by atoms with Crippen molar-refractivity contribution in [2.24, 2.45) is 7.05 Å². The lowest BCUT2D eigenvalue weighted by atomic mass is 10.2. The largest absolute Gasteiger partial charge is 0.320 e. The lowest BCUT2D eigenvalue weighted by molar-refractivity contribution is 0.101. The van der Waals surface area contributed by atoms with Gasteiger partial charge in [0.15, 0.2) is 0 Å². The minimum atomic E-state index is -0.185. The van der Waals surface area contributed by atoms with E-state index in [9.17, 15) is 4.79 Å². The van der Waals surface area contributed by atoms with Crippen molar-refractivity contribution >= 4 is 23.2 Å². The van der Waals surface area contributed by atoms with Crippen LogP contribution in [0.1, 0.15) is 21.7 Å². The molecule has 94 valence electrons. The van der Waals surface area contributed by atoms with Crippen LogP contribution in [0.5, 0.6) is 0 Å². The summed E-state index contributed by atoms with van der Waals surface area (Å²) in [6.07, 6.45) is 0. The second-order valence-corrected chi connectivity index (χ2v) is 4.31. The van der Waals surface area contributed by atoms with Crippen LogP contribution in [0.25, 0.3) is 0 Å². The van der Waals surface area contributed by atoms with Gasteiger partial charge in [0, 0.05) is 18.6 Å². The van der Waals surface area contributed by atoms with Crippen molar-refractivity contribution in [2.75, 3.05) is 5.32 Å². The Balaban J connectivity index is 2.24. The van der Waals surface area contributed by atoms with E-state index in [-0.39, 0.29) is 5.91 Å². The van der Waals surface area contributed by atoms with Crippen LogP contribution in [0, 0.1) is 6.92 Å². The van der Waals surface area contributed by atoms with Crippen LogP contribution in [0.3, 0.4) is 0 Å². The number of benzene rings is 1. The molecule has 1 aromatic heterocycles. The summed E-state index contributed by atoms with van der Waals surface area (Å²) < 4.78 is 1.56. The van der Waals surface area contributed by atoms with Gasteiger partial charge in [-0.25, -0.2) is 0 Å². The van der Waals surface area contributed by atoms with Crippen molar-refractivity contribution < 1.29 is 4.79 Å². The number of carbonyl (C=O) groups is 1. The summed E-state index contributed by atoms with van der Waals surface area (Å²) in [4.78, 5) is 12.1. The first-order chi connectivity index (χ1) is 8.61. The number of nitrogens with one attached hydrogen (secondary N) is 1. The lowest BCUT2D eigenvalue weighted by Gasteiger charge is -2.08. The number of anilines is 1. The third-order valence-corrected chi connectivity index (χ3v) is 2.93. The molecule has 0 aliphatic rings. The van der Waals surface area contributed by atoms with E-state index in [2.05, 4.69) is 10.4 Å². The van der Waals surface area contributed by atoms with Crippen LogP contribution in [-0.2, 0) is 12.9 Å². The minimum absolute atomic E-state index is 0.185. The van der Waals surface area contributed by atoms with Gasteiger partial charge in [-0.05, 0) is 24.6 Å². The maximum absolute atomic E-state index is 12.1. The molecule has 0 saturated carbocycles. The van der Waals surface area contributed by atoms with Crippen LogP contribution in [0.4, 0.5) is 5.69 Å². The van der Waals surface area contributed by atoms with Crippen molar-refractivity contribution in [1.82, 2.24) is 9.78 Å². The molecule has 0 fully saturated rings. The Morgan fingerprint density at radius 3 is 2.78 bits per heavy atom. The maximum atomic E-state index is 12.1. The molecule has 0 aliphatic heterocycles. The minimum Gasteiger partial charge on any atom is -0.320 e. The van der Waals surface area contributed by atoms with Gasteiger partial charge in [0.1, 0.15) is 5.69 Å². The van der Waals surface area contributed by atoms with E-state index < -0.39 is 0 Å². The quantitative estimate of drug-likeness (QED) is 0.866. The van der Waals surface area contributed by atoms with Crippen molar-refractivity contribution in [1.29, 1.82) is 0 Å². The SMILES string of the molecule is Cc1cc(C(=O)Nc2ccccc2CCl)n(C)n1. The van der Waals surface area contributed by atoms with Crippen molar-refractivity contribution in [2.45, 2.75) is 12.8 Å². The Bertz CT molecular complexity index is 577. The number of nitrogens with zero attached hydrogens (tertiary/aromatic N) is 2. The predicted octanol–water partition coefficient (Wildman–Crippen LogP) is 2.72. The Morgan fingerprint density at radius 1 is 1.44 bits per heavy atom. The molecule has 1 aromatic carbocycles. The molecule has 2 rings (SSSR count). The zero-order valence-corrected chi connectivity index (χ0v) is 11.0. The standard InChI is InChI=1S/C13H14ClN3O/c1-9-7-12(17(2)16-9)13(18)15-11-6-4-3-5-10(11)8-14/h3-7H,8H2,1-2H3,(H,15,18). The molecule has 2 aromatic rings. The first-order valence-corrected chi connectivity index (χ1v) is 6.11. The van der Waals surface area contributed by atoms with E-state index in [1.54, 1.807) is 17.8 Å². The zero-order valence-electron chi connectivity index (χ0n) is 10.3. The molecule has 5 heteroatoms. The monoisotopic (exact) mass is 263 g/mol. The molecule has 4 nitrogen and oxygen atoms in total. The Kier molecular flexibility index (Phi) is 3.67. The van der Waals surface area contributed by atoms with Crippen LogP contribution < -0.4 is 5.32 Å². The molecule has 0 unspecified atom stereocenters. The fraction of sp³-hybridized carbons (Fsp3) is 0.231. The van der Waals surface area contributed by atoms with E-state index >= 15 is 0 Å². The number of amides is 1. The predicted molar refractivity (Wildman–Crippen MR) is 71.9 cm³/mol. The molecule has 18 heavy (non-hydrogen) atoms. The van der Waals surface area contributed by atoms with Crippen molar-refractivity contribution in [3.63, 3.8) is 0 Å². The number of para-hydroxylation sites is 1. The van der Waals surface area contributed by atoms with Gasteiger partial charge in [0.05, 0.1) is 5.69 Å². The van der Waals surface area contributed by atoms with E-state index in [0.717, 1.165) is 16.9 Å². The van der Waals surface area contributed by atoms with E-state index in [1.807, 2.05) is 31.2 Å². The summed E-state index contributed by atoms with van der Waals surface area (Å²) in [5.74, 6) is 0.177. The van der Waals surface area contributed by atoms with Gasteiger partial charge in [-0.3, -0.25) is 9.48 Å². The first kappa shape index (κ1) is 12.6. The van der Waals surface area contributed by atoms with Gasteiger partial charge in [-0.15, -0.1) is 11.6 Å². The summed E-state index contributed by atoms with van der Waals surface area (Å²) >= 11 is 5.83. The fourth-order valence-electron chi connectivity index (χ4n) is 1.77. The molecule has 1 N–H and O–H groups in total. The van der Waals surface area contributed by atoms with Gasteiger partial charge in [0.2, 0.25) is 0 Å². The smallest absolute Gasteiger partial charge is 0.273 e. The fourth-order valence-corrected chi connectivity index (χ4v) is 2.00. The van der Waals surface area contributed by atoms with Gasteiger partial charge in [-0.1, -0.05) is 18.2 Å². The van der Waals surface area contributed by atoms with Crippen molar-refractivity contribution in [3.8, 4) is 0 Å². The number of carbonyl (C=O) groups excluding carboxylic acids is 1. The average molecular weight is 264 g/mol. The molecule has 0 aliphatic carbocycles. The summed E-state index contributed by atoms with van der Waals surface area (Å²) in [6.45, 7) is 1.85. The topological polar surface area (TPSA) is 46.9 Å². The number of hydrogen-bond donors (Lipinski definition) is 1. The molecular weight excluding hydrogens is 250 g/mol. The van der Waals surface area contributed by atoms with Crippen LogP contribution in [-0.4, -0.2) is 15.7 Å². The van der Waals surface area contributed by atoms with Crippen molar-refractivity contribution in [3.05, 3.63) is 47.3 Å². The first-order valence-electron chi connectivity index (χ1n) is 5.57. The van der Waals surface area contributed by atoms with E-state index in [0.29, 0.717) is 11.6 Å². The van der Waals surface area contributed by atoms with Gasteiger partial charge in [-0.2, -0.15) is 5.10 Å². The number of aromatic nitrogens is 2. The molecule has 0 saturated heterocycles. The highest BCUT2D eigenvalue weighted by Gasteiger charge is 2.13. The summed E-state index contributed by atoms with van der Waals surface area (Å²) in [6, 6.07) is 9.22. The molecule has 0 bridgehead atoms. The molecular formula is C13H14ClN3O. The van der Waals surface area contributed by atoms with E-state index in [4.69, 9.17) is 11.6 Å². The van der Waals surface area contributed by atoms with Gasteiger partial charge >= 0.3 is 0 Å². The van der Waals surface area contributed by atoms with Crippen LogP contribution in [0.2, 0.25) is 0 Å². The Labute approximate surface area is 111 Å². The van der Waals surface area contributed by atoms with Crippen LogP contribution in [0.15, 0.2) is 30.3 Å². The summed E-state index contributed by atoms with van der Waals surface area (Å²) in [5.41, 5.74) is 2.97. The number of hydrogen-bond acceptors (Lipinski definition) is 2. The third kappa shape index (κ3) is 2.54. The highest BCUT2D eigenvalue weighted by Crippen LogP contribution is 2.18. The summed E-state index contributed by atoms with van der Waals surface area (Å²) in [5, 5.41) is 6.99. The zero-order chi connectivity index (χ0) is 13.1. The average Bonchev–Trinajstić information content (AvgIpc) is 2.69. The molecule has 1 heterocycles. The Hall–Kier alpha value is -1.81. The molecule has 1 amide bonds. The van der Waals surface area contributed by atoms with Gasteiger partial charge in [0.25, 0.3) is 5.91 Å². The second kappa shape index (κ2) is 5.23. The highest BCUT2D eigenvalue weighted by molar-refractivity contribution is 6.17. The Morgan fingerprint density at radius 2 is 2.17 bits per heavy atom. The number of rotatable bonds is 3. The lowest BCUT2D eigenvalue weighted by Crippen LogP contribution is -2.16. The summed E-state index contributed by atoms with van der Waals surface area (Å²) in [7, 11) is 1.75. The highest BCUT2D eigenvalue weighted by atomic mass is 35.5.